The summed E-state index contributed by atoms with van der Waals surface area (Å²) in [6.45, 7) is 14.2. The fourth-order valence-electron chi connectivity index (χ4n) is 3.74. The Morgan fingerprint density at radius 1 is 1.10 bits per heavy atom. The number of nitrogens with zero attached hydrogens (tertiary/aromatic N) is 4. The van der Waals surface area contributed by atoms with Gasteiger partial charge in [0.05, 0.1) is 24.6 Å². The Morgan fingerprint density at radius 3 is 2.52 bits per heavy atom. The van der Waals surface area contributed by atoms with Crippen molar-refractivity contribution in [2.24, 2.45) is 0 Å². The summed E-state index contributed by atoms with van der Waals surface area (Å²) in [7, 11) is 0. The minimum absolute atomic E-state index is 0.0471. The molecule has 1 fully saturated rings. The first-order valence-corrected chi connectivity index (χ1v) is 10.4. The van der Waals surface area contributed by atoms with E-state index in [1.54, 1.807) is 0 Å². The Balaban J connectivity index is 1.71. The standard InChI is InChI=1S/C23H31N5O/c1-17-21(18-8-6-5-7-9-18)22-25-19(23(2,3)4)16-20(28(22)26-17)24-10-11-27-12-14-29-15-13-27/h5-9,16,24H,10-15H2,1-4H3. The highest BCUT2D eigenvalue weighted by Crippen LogP contribution is 2.31. The van der Waals surface area contributed by atoms with Crippen molar-refractivity contribution in [1.82, 2.24) is 19.5 Å². The second-order valence-corrected chi connectivity index (χ2v) is 8.72. The van der Waals surface area contributed by atoms with Gasteiger partial charge in [0.1, 0.15) is 5.82 Å². The summed E-state index contributed by atoms with van der Waals surface area (Å²) in [6, 6.07) is 12.6. The number of fused-ring (bicyclic) bond motifs is 1. The smallest absolute Gasteiger partial charge is 0.165 e. The van der Waals surface area contributed by atoms with Gasteiger partial charge in [-0.25, -0.2) is 4.98 Å². The maximum atomic E-state index is 5.45. The molecule has 0 spiro atoms. The van der Waals surface area contributed by atoms with Gasteiger partial charge >= 0.3 is 0 Å². The Hall–Kier alpha value is -2.44. The van der Waals surface area contributed by atoms with Gasteiger partial charge < -0.3 is 10.1 Å². The second-order valence-electron chi connectivity index (χ2n) is 8.72. The van der Waals surface area contributed by atoms with E-state index in [9.17, 15) is 0 Å². The van der Waals surface area contributed by atoms with Crippen LogP contribution in [0.2, 0.25) is 0 Å². The molecule has 0 bridgehead atoms. The predicted octanol–water partition coefficient (Wildman–Crippen LogP) is 3.75. The summed E-state index contributed by atoms with van der Waals surface area (Å²) in [4.78, 5) is 7.47. The highest BCUT2D eigenvalue weighted by molar-refractivity contribution is 5.81. The van der Waals surface area contributed by atoms with Crippen molar-refractivity contribution in [1.29, 1.82) is 0 Å². The monoisotopic (exact) mass is 393 g/mol. The number of rotatable bonds is 5. The molecule has 0 saturated carbocycles. The first kappa shape index (κ1) is 19.9. The first-order chi connectivity index (χ1) is 13.9. The normalized spacial score (nSPS) is 15.7. The number of hydrogen-bond donors (Lipinski definition) is 1. The summed E-state index contributed by atoms with van der Waals surface area (Å²) >= 11 is 0. The lowest BCUT2D eigenvalue weighted by Gasteiger charge is -2.26. The topological polar surface area (TPSA) is 54.7 Å². The summed E-state index contributed by atoms with van der Waals surface area (Å²) < 4.78 is 7.41. The molecule has 1 aromatic carbocycles. The van der Waals surface area contributed by atoms with Crippen LogP contribution in [0.15, 0.2) is 36.4 Å². The predicted molar refractivity (Wildman–Crippen MR) is 118 cm³/mol. The van der Waals surface area contributed by atoms with Crippen LogP contribution < -0.4 is 5.32 Å². The maximum absolute atomic E-state index is 5.45. The van der Waals surface area contributed by atoms with Crippen molar-refractivity contribution in [3.8, 4) is 11.1 Å². The molecule has 29 heavy (non-hydrogen) atoms. The van der Waals surface area contributed by atoms with E-state index in [0.717, 1.165) is 73.4 Å². The summed E-state index contributed by atoms with van der Waals surface area (Å²) in [5.41, 5.74) is 5.18. The maximum Gasteiger partial charge on any atom is 0.165 e. The van der Waals surface area contributed by atoms with Crippen LogP contribution in [0.25, 0.3) is 16.8 Å². The number of benzene rings is 1. The third-order valence-electron chi connectivity index (χ3n) is 5.43. The molecular formula is C23H31N5O. The van der Waals surface area contributed by atoms with Gasteiger partial charge in [-0.3, -0.25) is 4.90 Å². The molecule has 6 heteroatoms. The molecule has 0 aliphatic carbocycles. The van der Waals surface area contributed by atoms with E-state index in [4.69, 9.17) is 14.8 Å². The number of nitrogens with one attached hydrogen (secondary N) is 1. The Bertz CT molecular complexity index is 968. The highest BCUT2D eigenvalue weighted by atomic mass is 16.5. The zero-order valence-electron chi connectivity index (χ0n) is 17.9. The molecule has 1 aliphatic heterocycles. The summed E-state index contributed by atoms with van der Waals surface area (Å²) in [5.74, 6) is 0.999. The van der Waals surface area contributed by atoms with E-state index in [0.29, 0.717) is 0 Å². The molecule has 3 aromatic rings. The fraction of sp³-hybridized carbons (Fsp3) is 0.478. The van der Waals surface area contributed by atoms with Crippen molar-refractivity contribution < 1.29 is 4.74 Å². The first-order valence-electron chi connectivity index (χ1n) is 10.4. The number of hydrogen-bond acceptors (Lipinski definition) is 5. The van der Waals surface area contributed by atoms with Gasteiger partial charge in [0, 0.05) is 43.2 Å². The van der Waals surface area contributed by atoms with Crippen LogP contribution in [-0.2, 0) is 10.2 Å². The van der Waals surface area contributed by atoms with Gasteiger partial charge in [0.2, 0.25) is 0 Å². The molecule has 3 heterocycles. The Kier molecular flexibility index (Phi) is 5.56. The largest absolute Gasteiger partial charge is 0.379 e. The zero-order chi connectivity index (χ0) is 20.4. The van der Waals surface area contributed by atoms with E-state index in [1.165, 1.54) is 0 Å². The van der Waals surface area contributed by atoms with Crippen LogP contribution in [0.3, 0.4) is 0 Å². The van der Waals surface area contributed by atoms with Crippen LogP contribution in [0, 0.1) is 6.92 Å². The molecule has 0 radical (unpaired) electrons. The molecule has 0 amide bonds. The van der Waals surface area contributed by atoms with Crippen molar-refractivity contribution in [2.45, 2.75) is 33.1 Å². The third kappa shape index (κ3) is 4.28. The summed E-state index contributed by atoms with van der Waals surface area (Å²) in [5, 5.41) is 8.45. The van der Waals surface area contributed by atoms with Crippen molar-refractivity contribution in [2.75, 3.05) is 44.7 Å². The molecule has 154 valence electrons. The van der Waals surface area contributed by atoms with Gasteiger partial charge in [0.15, 0.2) is 5.65 Å². The lowest BCUT2D eigenvalue weighted by Crippen LogP contribution is -2.39. The lowest BCUT2D eigenvalue weighted by atomic mass is 9.92. The number of ether oxygens (including phenoxy) is 1. The van der Waals surface area contributed by atoms with Crippen LogP contribution in [0.4, 0.5) is 5.82 Å². The molecule has 1 saturated heterocycles. The van der Waals surface area contributed by atoms with Crippen LogP contribution in [-0.4, -0.2) is 58.9 Å². The fourth-order valence-corrected chi connectivity index (χ4v) is 3.74. The van der Waals surface area contributed by atoms with Crippen LogP contribution >= 0.6 is 0 Å². The van der Waals surface area contributed by atoms with Crippen LogP contribution in [0.5, 0.6) is 0 Å². The van der Waals surface area contributed by atoms with Crippen molar-refractivity contribution in [3.05, 3.63) is 47.8 Å². The molecule has 1 aliphatic rings. The molecule has 0 atom stereocenters. The second kappa shape index (κ2) is 8.13. The third-order valence-corrected chi connectivity index (χ3v) is 5.43. The SMILES string of the molecule is Cc1nn2c(NCCN3CCOCC3)cc(C(C)(C)C)nc2c1-c1ccccc1. The number of anilines is 1. The number of morpholine rings is 1. The van der Waals surface area contributed by atoms with Crippen molar-refractivity contribution in [3.63, 3.8) is 0 Å². The van der Waals surface area contributed by atoms with E-state index >= 15 is 0 Å². The Labute approximate surface area is 172 Å². The highest BCUT2D eigenvalue weighted by Gasteiger charge is 2.22. The lowest BCUT2D eigenvalue weighted by molar-refractivity contribution is 0.0398. The Morgan fingerprint density at radius 2 is 1.83 bits per heavy atom. The number of aromatic nitrogens is 3. The van der Waals surface area contributed by atoms with E-state index in [-0.39, 0.29) is 5.41 Å². The zero-order valence-corrected chi connectivity index (χ0v) is 17.9. The average Bonchev–Trinajstić information content (AvgIpc) is 3.05. The molecule has 6 nitrogen and oxygen atoms in total. The van der Waals surface area contributed by atoms with Crippen LogP contribution in [0.1, 0.15) is 32.2 Å². The van der Waals surface area contributed by atoms with E-state index < -0.39 is 0 Å². The summed E-state index contributed by atoms with van der Waals surface area (Å²) in [6.07, 6.45) is 0. The number of aryl methyl sites for hydroxylation is 1. The van der Waals surface area contributed by atoms with Gasteiger partial charge in [-0.15, -0.1) is 0 Å². The van der Waals surface area contributed by atoms with Crippen molar-refractivity contribution >= 4 is 11.5 Å². The molecule has 2 aromatic heterocycles. The molecule has 1 N–H and O–H groups in total. The molecular weight excluding hydrogens is 362 g/mol. The van der Waals surface area contributed by atoms with E-state index in [1.807, 2.05) is 10.6 Å². The van der Waals surface area contributed by atoms with Gasteiger partial charge in [-0.2, -0.15) is 9.61 Å². The quantitative estimate of drug-likeness (QED) is 0.716. The average molecular weight is 394 g/mol. The van der Waals surface area contributed by atoms with Gasteiger partial charge in [-0.05, 0) is 12.5 Å². The van der Waals surface area contributed by atoms with Gasteiger partial charge in [-0.1, -0.05) is 51.1 Å². The van der Waals surface area contributed by atoms with E-state index in [2.05, 4.69) is 68.2 Å². The van der Waals surface area contributed by atoms with Gasteiger partial charge in [0.25, 0.3) is 0 Å². The molecule has 4 rings (SSSR count). The minimum atomic E-state index is -0.0471. The minimum Gasteiger partial charge on any atom is -0.379 e. The molecule has 0 unspecified atom stereocenters.